The summed E-state index contributed by atoms with van der Waals surface area (Å²) in [6.45, 7) is 2.94. The summed E-state index contributed by atoms with van der Waals surface area (Å²) in [5.74, 6) is 0.696. The zero-order chi connectivity index (χ0) is 13.5. The van der Waals surface area contributed by atoms with Crippen LogP contribution in [0, 0.1) is 6.92 Å². The van der Waals surface area contributed by atoms with Gasteiger partial charge in [0.1, 0.15) is 5.52 Å². The highest BCUT2D eigenvalue weighted by Gasteiger charge is 2.21. The predicted octanol–water partition coefficient (Wildman–Crippen LogP) is 2.95. The van der Waals surface area contributed by atoms with Gasteiger partial charge < -0.3 is 9.73 Å². The lowest BCUT2D eigenvalue weighted by atomic mass is 10.0. The number of nitrogens with zero attached hydrogens (tertiary/aromatic N) is 2. The Hall–Kier alpha value is -2.14. The second-order valence-corrected chi connectivity index (χ2v) is 5.26. The van der Waals surface area contributed by atoms with Gasteiger partial charge >= 0.3 is 0 Å². The Morgan fingerprint density at radius 3 is 3.15 bits per heavy atom. The van der Waals surface area contributed by atoms with E-state index in [0.29, 0.717) is 11.9 Å². The highest BCUT2D eigenvalue weighted by molar-refractivity contribution is 5.81. The molecule has 1 atom stereocenters. The number of hydrogen-bond acceptors (Lipinski definition) is 4. The summed E-state index contributed by atoms with van der Waals surface area (Å²) in [4.78, 5) is 4.40. The lowest BCUT2D eigenvalue weighted by Gasteiger charge is -2.10. The minimum absolute atomic E-state index is 0.377. The molecule has 0 radical (unpaired) electrons. The fourth-order valence-electron chi connectivity index (χ4n) is 2.93. The largest absolute Gasteiger partial charge is 0.441 e. The fourth-order valence-corrected chi connectivity index (χ4v) is 2.93. The van der Waals surface area contributed by atoms with E-state index < -0.39 is 0 Å². The van der Waals surface area contributed by atoms with E-state index in [1.165, 1.54) is 12.1 Å². The van der Waals surface area contributed by atoms with E-state index in [1.807, 2.05) is 19.2 Å². The number of aromatic amines is 1. The third-order valence-corrected chi connectivity index (χ3v) is 3.88. The van der Waals surface area contributed by atoms with Crippen molar-refractivity contribution in [1.82, 2.24) is 20.5 Å². The van der Waals surface area contributed by atoms with Crippen LogP contribution in [0.3, 0.4) is 0 Å². The summed E-state index contributed by atoms with van der Waals surface area (Å²) < 4.78 is 5.52. The molecule has 1 aliphatic heterocycles. The highest BCUT2D eigenvalue weighted by atomic mass is 16.3. The third kappa shape index (κ3) is 1.82. The molecule has 4 rings (SSSR count). The maximum absolute atomic E-state index is 5.52. The molecule has 1 saturated heterocycles. The number of benzene rings is 1. The van der Waals surface area contributed by atoms with Crippen molar-refractivity contribution in [2.45, 2.75) is 25.8 Å². The van der Waals surface area contributed by atoms with Gasteiger partial charge in [0.25, 0.3) is 0 Å². The van der Waals surface area contributed by atoms with Crippen LogP contribution < -0.4 is 5.32 Å². The van der Waals surface area contributed by atoms with Gasteiger partial charge in [0.15, 0.2) is 11.5 Å². The molecule has 5 nitrogen and oxygen atoms in total. The van der Waals surface area contributed by atoms with Gasteiger partial charge in [-0.15, -0.1) is 0 Å². The SMILES string of the molecule is Cc1nc2cc(-c3cn[nH]c3C3CCCN3)ccc2o1. The van der Waals surface area contributed by atoms with Gasteiger partial charge in [-0.05, 0) is 37.1 Å². The van der Waals surface area contributed by atoms with Gasteiger partial charge in [-0.1, -0.05) is 6.07 Å². The Bertz CT molecular complexity index is 752. The molecule has 2 N–H and O–H groups in total. The van der Waals surface area contributed by atoms with Crippen LogP contribution in [0.1, 0.15) is 30.5 Å². The first-order valence-corrected chi connectivity index (χ1v) is 6.95. The lowest BCUT2D eigenvalue weighted by Crippen LogP contribution is -2.14. The van der Waals surface area contributed by atoms with E-state index in [-0.39, 0.29) is 0 Å². The van der Waals surface area contributed by atoms with E-state index in [4.69, 9.17) is 4.42 Å². The maximum atomic E-state index is 5.52. The molecule has 1 fully saturated rings. The second kappa shape index (κ2) is 4.45. The van der Waals surface area contributed by atoms with Gasteiger partial charge in [-0.3, -0.25) is 5.10 Å². The monoisotopic (exact) mass is 268 g/mol. The van der Waals surface area contributed by atoms with Crippen molar-refractivity contribution in [2.24, 2.45) is 0 Å². The van der Waals surface area contributed by atoms with Crippen molar-refractivity contribution in [3.8, 4) is 11.1 Å². The molecule has 0 saturated carbocycles. The first kappa shape index (κ1) is 11.7. The molecule has 3 aromatic rings. The van der Waals surface area contributed by atoms with Crippen molar-refractivity contribution in [3.05, 3.63) is 36.0 Å². The standard InChI is InChI=1S/C15H16N4O/c1-9-18-13-7-10(4-5-14(13)20-9)11-8-17-19-15(11)12-3-2-6-16-12/h4-5,7-8,12,16H,2-3,6H2,1H3,(H,17,19). The van der Waals surface area contributed by atoms with Crippen molar-refractivity contribution in [2.75, 3.05) is 6.54 Å². The average molecular weight is 268 g/mol. The van der Waals surface area contributed by atoms with Gasteiger partial charge in [-0.25, -0.2) is 4.98 Å². The molecule has 5 heteroatoms. The average Bonchev–Trinajstić information content (AvgIpc) is 3.16. The summed E-state index contributed by atoms with van der Waals surface area (Å²) in [6, 6.07) is 6.48. The summed E-state index contributed by atoms with van der Waals surface area (Å²) in [5, 5.41) is 10.9. The number of aryl methyl sites for hydroxylation is 1. The van der Waals surface area contributed by atoms with Crippen LogP contribution in [0.4, 0.5) is 0 Å². The number of aromatic nitrogens is 3. The van der Waals surface area contributed by atoms with Crippen LogP contribution in [-0.4, -0.2) is 21.7 Å². The number of nitrogens with one attached hydrogen (secondary N) is 2. The predicted molar refractivity (Wildman–Crippen MR) is 76.3 cm³/mol. The minimum Gasteiger partial charge on any atom is -0.441 e. The van der Waals surface area contributed by atoms with Gasteiger partial charge in [0.2, 0.25) is 0 Å². The Morgan fingerprint density at radius 2 is 2.30 bits per heavy atom. The first-order valence-electron chi connectivity index (χ1n) is 6.95. The Labute approximate surface area is 116 Å². The quantitative estimate of drug-likeness (QED) is 0.750. The normalized spacial score (nSPS) is 18.9. The molecule has 2 aromatic heterocycles. The molecule has 0 amide bonds. The number of H-pyrrole nitrogens is 1. The second-order valence-electron chi connectivity index (χ2n) is 5.26. The maximum Gasteiger partial charge on any atom is 0.192 e. The van der Waals surface area contributed by atoms with E-state index in [2.05, 4.69) is 32.6 Å². The van der Waals surface area contributed by atoms with Crippen molar-refractivity contribution < 1.29 is 4.42 Å². The van der Waals surface area contributed by atoms with Gasteiger partial charge in [0.05, 0.1) is 11.9 Å². The molecule has 1 unspecified atom stereocenters. The van der Waals surface area contributed by atoms with E-state index in [9.17, 15) is 0 Å². The molecule has 3 heterocycles. The molecule has 0 aliphatic carbocycles. The Balaban J connectivity index is 1.80. The number of rotatable bonds is 2. The summed E-state index contributed by atoms with van der Waals surface area (Å²) >= 11 is 0. The lowest BCUT2D eigenvalue weighted by molar-refractivity contribution is 0.561. The molecule has 20 heavy (non-hydrogen) atoms. The number of hydrogen-bond donors (Lipinski definition) is 2. The van der Waals surface area contributed by atoms with Crippen LogP contribution in [0.5, 0.6) is 0 Å². The van der Waals surface area contributed by atoms with Gasteiger partial charge in [0, 0.05) is 18.5 Å². The Kier molecular flexibility index (Phi) is 2.60. The summed E-state index contributed by atoms with van der Waals surface area (Å²) in [7, 11) is 0. The third-order valence-electron chi connectivity index (χ3n) is 3.88. The van der Waals surface area contributed by atoms with Crippen LogP contribution in [0.25, 0.3) is 22.2 Å². The van der Waals surface area contributed by atoms with Crippen LogP contribution in [-0.2, 0) is 0 Å². The first-order chi connectivity index (χ1) is 9.81. The Morgan fingerprint density at radius 1 is 1.35 bits per heavy atom. The van der Waals surface area contributed by atoms with E-state index in [1.54, 1.807) is 0 Å². The highest BCUT2D eigenvalue weighted by Crippen LogP contribution is 2.32. The zero-order valence-corrected chi connectivity index (χ0v) is 11.3. The molecule has 0 bridgehead atoms. The van der Waals surface area contributed by atoms with Crippen molar-refractivity contribution in [1.29, 1.82) is 0 Å². The molecule has 0 spiro atoms. The summed E-state index contributed by atoms with van der Waals surface area (Å²) in [6.07, 6.45) is 4.26. The number of fused-ring (bicyclic) bond motifs is 1. The fraction of sp³-hybridized carbons (Fsp3) is 0.333. The van der Waals surface area contributed by atoms with Gasteiger partial charge in [-0.2, -0.15) is 5.10 Å². The zero-order valence-electron chi connectivity index (χ0n) is 11.3. The van der Waals surface area contributed by atoms with E-state index >= 15 is 0 Å². The molecule has 1 aliphatic rings. The molecular formula is C15H16N4O. The van der Waals surface area contributed by atoms with Crippen molar-refractivity contribution in [3.63, 3.8) is 0 Å². The molecule has 102 valence electrons. The smallest absolute Gasteiger partial charge is 0.192 e. The summed E-state index contributed by atoms with van der Waals surface area (Å²) in [5.41, 5.74) is 5.17. The molecule has 1 aromatic carbocycles. The van der Waals surface area contributed by atoms with E-state index in [0.717, 1.165) is 35.2 Å². The molecular weight excluding hydrogens is 252 g/mol. The topological polar surface area (TPSA) is 66.7 Å². The number of oxazole rings is 1. The van der Waals surface area contributed by atoms with Crippen molar-refractivity contribution >= 4 is 11.1 Å². The minimum atomic E-state index is 0.377. The van der Waals surface area contributed by atoms with Crippen LogP contribution in [0.15, 0.2) is 28.8 Å². The van der Waals surface area contributed by atoms with Crippen LogP contribution in [0.2, 0.25) is 0 Å². The van der Waals surface area contributed by atoms with Crippen LogP contribution >= 0.6 is 0 Å².